The van der Waals surface area contributed by atoms with Crippen LogP contribution in [0.1, 0.15) is 10.4 Å². The molecule has 0 fully saturated rings. The number of pyridine rings is 1. The van der Waals surface area contributed by atoms with Crippen LogP contribution in [0.25, 0.3) is 0 Å². The van der Waals surface area contributed by atoms with Gasteiger partial charge in [0.2, 0.25) is 0 Å². The second-order valence-electron chi connectivity index (χ2n) is 3.98. The molecule has 5 nitrogen and oxygen atoms in total. The SMILES string of the molecule is CN(Cc1cc(Br)cs1)c1ccc(/C(N)=N/O)cn1. The van der Waals surface area contributed by atoms with E-state index in [4.69, 9.17) is 10.9 Å². The molecular formula is C12H13BrN4OS. The maximum Gasteiger partial charge on any atom is 0.171 e. The van der Waals surface area contributed by atoms with Gasteiger partial charge in [-0.15, -0.1) is 11.3 Å². The van der Waals surface area contributed by atoms with E-state index in [1.807, 2.05) is 18.0 Å². The van der Waals surface area contributed by atoms with E-state index in [0.29, 0.717) is 5.56 Å². The summed E-state index contributed by atoms with van der Waals surface area (Å²) in [4.78, 5) is 7.58. The Balaban J connectivity index is 2.09. The number of oxime groups is 1. The molecule has 0 atom stereocenters. The van der Waals surface area contributed by atoms with E-state index in [-0.39, 0.29) is 5.84 Å². The maximum atomic E-state index is 8.59. The van der Waals surface area contributed by atoms with Gasteiger partial charge in [-0.25, -0.2) is 4.98 Å². The standard InChI is InChI=1S/C12H13BrN4OS/c1-17(6-10-4-9(13)7-19-10)11-3-2-8(5-15-11)12(14)16-18/h2-5,7,18H,6H2,1H3,(H2,14,16). The van der Waals surface area contributed by atoms with Crippen molar-refractivity contribution in [1.29, 1.82) is 0 Å². The zero-order valence-electron chi connectivity index (χ0n) is 10.2. The largest absolute Gasteiger partial charge is 0.409 e. The molecule has 0 aromatic carbocycles. The molecule has 0 saturated carbocycles. The first kappa shape index (κ1) is 13.8. The Labute approximate surface area is 123 Å². The number of anilines is 1. The Morgan fingerprint density at radius 2 is 2.37 bits per heavy atom. The van der Waals surface area contributed by atoms with Crippen LogP contribution in [0.3, 0.4) is 0 Å². The fourth-order valence-corrected chi connectivity index (χ4v) is 3.08. The predicted molar refractivity (Wildman–Crippen MR) is 80.9 cm³/mol. The van der Waals surface area contributed by atoms with E-state index < -0.39 is 0 Å². The van der Waals surface area contributed by atoms with E-state index in [9.17, 15) is 0 Å². The second kappa shape index (κ2) is 6.03. The third kappa shape index (κ3) is 3.45. The molecule has 2 rings (SSSR count). The first-order valence-electron chi connectivity index (χ1n) is 5.48. The average molecular weight is 341 g/mol. The lowest BCUT2D eigenvalue weighted by Crippen LogP contribution is -2.18. The Morgan fingerprint density at radius 1 is 1.58 bits per heavy atom. The number of nitrogens with two attached hydrogens (primary N) is 1. The number of aromatic nitrogens is 1. The van der Waals surface area contributed by atoms with Crippen LogP contribution in [0, 0.1) is 0 Å². The number of thiophene rings is 1. The van der Waals surface area contributed by atoms with Gasteiger partial charge in [0.15, 0.2) is 5.84 Å². The molecular weight excluding hydrogens is 328 g/mol. The minimum Gasteiger partial charge on any atom is -0.409 e. The van der Waals surface area contributed by atoms with Crippen molar-refractivity contribution < 1.29 is 5.21 Å². The fraction of sp³-hybridized carbons (Fsp3) is 0.167. The van der Waals surface area contributed by atoms with E-state index >= 15 is 0 Å². The molecule has 0 amide bonds. The lowest BCUT2D eigenvalue weighted by atomic mass is 10.2. The number of halogens is 1. The molecule has 100 valence electrons. The molecule has 7 heteroatoms. The summed E-state index contributed by atoms with van der Waals surface area (Å²) < 4.78 is 1.09. The molecule has 0 spiro atoms. The van der Waals surface area contributed by atoms with Gasteiger partial charge in [0.1, 0.15) is 5.82 Å². The van der Waals surface area contributed by atoms with Gasteiger partial charge in [0.25, 0.3) is 0 Å². The predicted octanol–water partition coefficient (Wildman–Crippen LogP) is 2.64. The van der Waals surface area contributed by atoms with E-state index in [1.54, 1.807) is 23.6 Å². The Morgan fingerprint density at radius 3 is 2.89 bits per heavy atom. The highest BCUT2D eigenvalue weighted by Gasteiger charge is 2.06. The van der Waals surface area contributed by atoms with E-state index in [2.05, 4.69) is 37.5 Å². The maximum absolute atomic E-state index is 8.59. The lowest BCUT2D eigenvalue weighted by molar-refractivity contribution is 0.318. The van der Waals surface area contributed by atoms with Crippen molar-refractivity contribution in [2.45, 2.75) is 6.54 Å². The molecule has 3 N–H and O–H groups in total. The van der Waals surface area contributed by atoms with Gasteiger partial charge in [0.05, 0.1) is 6.54 Å². The molecule has 19 heavy (non-hydrogen) atoms. The van der Waals surface area contributed by atoms with Gasteiger partial charge in [-0.2, -0.15) is 0 Å². The van der Waals surface area contributed by atoms with Crippen molar-refractivity contribution in [3.05, 3.63) is 44.7 Å². The number of rotatable bonds is 4. The topological polar surface area (TPSA) is 74.7 Å². The number of hydrogen-bond acceptors (Lipinski definition) is 5. The summed E-state index contributed by atoms with van der Waals surface area (Å²) in [5.74, 6) is 0.892. The molecule has 0 saturated heterocycles. The van der Waals surface area contributed by atoms with Crippen LogP contribution in [0.15, 0.2) is 39.4 Å². The van der Waals surface area contributed by atoms with Gasteiger partial charge < -0.3 is 15.8 Å². The summed E-state index contributed by atoms with van der Waals surface area (Å²) in [6.07, 6.45) is 1.59. The van der Waals surface area contributed by atoms with Crippen molar-refractivity contribution >= 4 is 38.9 Å². The van der Waals surface area contributed by atoms with Crippen molar-refractivity contribution in [1.82, 2.24) is 4.98 Å². The summed E-state index contributed by atoms with van der Waals surface area (Å²) in [5, 5.41) is 13.6. The number of hydrogen-bond donors (Lipinski definition) is 2. The van der Waals surface area contributed by atoms with Crippen LogP contribution in [0.4, 0.5) is 5.82 Å². The normalized spacial score (nSPS) is 11.6. The summed E-state index contributed by atoms with van der Waals surface area (Å²) in [5.41, 5.74) is 6.09. The van der Waals surface area contributed by atoms with Gasteiger partial charge in [-0.05, 0) is 34.1 Å². The van der Waals surface area contributed by atoms with Crippen LogP contribution in [0.5, 0.6) is 0 Å². The van der Waals surface area contributed by atoms with Gasteiger partial charge >= 0.3 is 0 Å². The van der Waals surface area contributed by atoms with Crippen molar-refractivity contribution in [3.63, 3.8) is 0 Å². The van der Waals surface area contributed by atoms with Crippen LogP contribution < -0.4 is 10.6 Å². The minimum atomic E-state index is 0.0592. The molecule has 0 aliphatic heterocycles. The van der Waals surface area contributed by atoms with E-state index in [1.165, 1.54) is 4.88 Å². The minimum absolute atomic E-state index is 0.0592. The fourth-order valence-electron chi connectivity index (χ4n) is 1.57. The van der Waals surface area contributed by atoms with Gasteiger partial charge in [-0.1, -0.05) is 5.16 Å². The number of amidine groups is 1. The highest BCUT2D eigenvalue weighted by atomic mass is 79.9. The van der Waals surface area contributed by atoms with Crippen LogP contribution >= 0.6 is 27.3 Å². The zero-order chi connectivity index (χ0) is 13.8. The van der Waals surface area contributed by atoms with Gasteiger partial charge in [-0.3, -0.25) is 0 Å². The summed E-state index contributed by atoms with van der Waals surface area (Å²) in [6, 6.07) is 5.71. The van der Waals surface area contributed by atoms with Crippen molar-refractivity contribution in [2.24, 2.45) is 10.9 Å². The lowest BCUT2D eigenvalue weighted by Gasteiger charge is -2.17. The molecule has 0 bridgehead atoms. The Hall–Kier alpha value is -1.60. The quantitative estimate of drug-likeness (QED) is 0.388. The molecule has 0 aliphatic rings. The highest BCUT2D eigenvalue weighted by molar-refractivity contribution is 9.10. The molecule has 0 radical (unpaired) electrons. The Kier molecular flexibility index (Phi) is 4.39. The molecule has 0 unspecified atom stereocenters. The smallest absolute Gasteiger partial charge is 0.171 e. The van der Waals surface area contributed by atoms with Crippen molar-refractivity contribution in [2.75, 3.05) is 11.9 Å². The average Bonchev–Trinajstić information content (AvgIpc) is 2.83. The van der Waals surface area contributed by atoms with Crippen LogP contribution in [0.2, 0.25) is 0 Å². The van der Waals surface area contributed by atoms with Crippen molar-refractivity contribution in [3.8, 4) is 0 Å². The second-order valence-corrected chi connectivity index (χ2v) is 5.89. The summed E-state index contributed by atoms with van der Waals surface area (Å²) in [6.45, 7) is 0.784. The third-order valence-corrected chi connectivity index (χ3v) is 4.24. The Bertz CT molecular complexity index is 582. The number of nitrogens with zero attached hydrogens (tertiary/aromatic N) is 3. The van der Waals surface area contributed by atoms with E-state index in [0.717, 1.165) is 16.8 Å². The molecule has 0 aliphatic carbocycles. The monoisotopic (exact) mass is 340 g/mol. The first-order chi connectivity index (χ1) is 9.10. The molecule has 2 heterocycles. The third-order valence-electron chi connectivity index (χ3n) is 2.56. The van der Waals surface area contributed by atoms with Crippen LogP contribution in [-0.2, 0) is 6.54 Å². The van der Waals surface area contributed by atoms with Gasteiger partial charge in [0, 0.05) is 33.5 Å². The summed E-state index contributed by atoms with van der Waals surface area (Å²) >= 11 is 5.13. The highest BCUT2D eigenvalue weighted by Crippen LogP contribution is 2.22. The molecule has 2 aromatic rings. The first-order valence-corrected chi connectivity index (χ1v) is 7.15. The molecule has 2 aromatic heterocycles. The zero-order valence-corrected chi connectivity index (χ0v) is 12.6. The van der Waals surface area contributed by atoms with Crippen LogP contribution in [-0.4, -0.2) is 23.1 Å². The summed E-state index contributed by atoms with van der Waals surface area (Å²) in [7, 11) is 1.97.